The number of nitrogens with zero attached hydrogens (tertiary/aromatic N) is 2. The lowest BCUT2D eigenvalue weighted by molar-refractivity contribution is -0.131. The summed E-state index contributed by atoms with van der Waals surface area (Å²) in [6.07, 6.45) is 2.46. The van der Waals surface area contributed by atoms with Crippen LogP contribution in [0.25, 0.3) is 0 Å². The molecule has 2 spiro atoms. The van der Waals surface area contributed by atoms with Gasteiger partial charge in [0.1, 0.15) is 11.1 Å². The number of imide groups is 2. The molecule has 32 heavy (non-hydrogen) atoms. The fourth-order valence-electron chi connectivity index (χ4n) is 5.33. The van der Waals surface area contributed by atoms with Gasteiger partial charge in [0, 0.05) is 39.8 Å². The molecule has 8 heteroatoms. The van der Waals surface area contributed by atoms with E-state index in [2.05, 4.69) is 10.6 Å². The fraction of sp³-hybridized carbons (Fsp3) is 0.333. The third-order valence-corrected chi connectivity index (χ3v) is 7.12. The number of carbonyl (C=O) groups excluding carboxylic acids is 4. The second kappa shape index (κ2) is 6.91. The molecule has 0 saturated carbocycles. The molecule has 0 bridgehead atoms. The highest BCUT2D eigenvalue weighted by atomic mass is 16.2. The summed E-state index contributed by atoms with van der Waals surface area (Å²) < 4.78 is 0. The molecule has 2 aliphatic carbocycles. The zero-order valence-electron chi connectivity index (χ0n) is 18.0. The van der Waals surface area contributed by atoms with Gasteiger partial charge < -0.3 is 10.2 Å². The summed E-state index contributed by atoms with van der Waals surface area (Å²) in [7, 11) is 3.27. The predicted octanol–water partition coefficient (Wildman–Crippen LogP) is 1.41. The lowest BCUT2D eigenvalue weighted by Crippen LogP contribution is -2.48. The molecule has 0 radical (unpaired) electrons. The third kappa shape index (κ3) is 2.82. The van der Waals surface area contributed by atoms with Crippen LogP contribution in [0.3, 0.4) is 0 Å². The second-order valence-electron chi connectivity index (χ2n) is 8.97. The zero-order valence-corrected chi connectivity index (χ0v) is 18.0. The van der Waals surface area contributed by atoms with Gasteiger partial charge in [0.15, 0.2) is 0 Å². The first-order valence-electron chi connectivity index (χ1n) is 10.6. The fourth-order valence-corrected chi connectivity index (χ4v) is 5.33. The lowest BCUT2D eigenvalue weighted by Gasteiger charge is -2.27. The molecule has 2 N–H and O–H groups in total. The first-order chi connectivity index (χ1) is 15.3. The Morgan fingerprint density at radius 3 is 1.59 bits per heavy atom. The van der Waals surface area contributed by atoms with Crippen LogP contribution in [-0.4, -0.2) is 58.8 Å². The molecule has 4 aliphatic rings. The van der Waals surface area contributed by atoms with Gasteiger partial charge in [-0.2, -0.15) is 0 Å². The van der Waals surface area contributed by atoms with E-state index in [1.807, 2.05) is 48.5 Å². The Hall–Kier alpha value is -3.68. The molecule has 8 nitrogen and oxygen atoms in total. The summed E-state index contributed by atoms with van der Waals surface area (Å²) in [4.78, 5) is 49.8. The van der Waals surface area contributed by atoms with Crippen molar-refractivity contribution in [3.63, 3.8) is 0 Å². The molecule has 0 aromatic heterocycles. The molecule has 6 amide bonds. The molecule has 2 aromatic carbocycles. The minimum Gasteiger partial charge on any atom is -0.323 e. The van der Waals surface area contributed by atoms with Gasteiger partial charge in [-0.1, -0.05) is 48.5 Å². The van der Waals surface area contributed by atoms with E-state index >= 15 is 0 Å². The second-order valence-corrected chi connectivity index (χ2v) is 8.97. The molecular weight excluding hydrogens is 408 g/mol. The molecule has 2 saturated heterocycles. The lowest BCUT2D eigenvalue weighted by atomic mass is 9.94. The molecule has 0 unspecified atom stereocenters. The van der Waals surface area contributed by atoms with Crippen LogP contribution in [0.5, 0.6) is 0 Å². The van der Waals surface area contributed by atoms with Crippen LogP contribution in [-0.2, 0) is 35.3 Å². The quantitative estimate of drug-likeness (QED) is 0.615. The van der Waals surface area contributed by atoms with Crippen molar-refractivity contribution in [2.75, 3.05) is 14.1 Å². The van der Waals surface area contributed by atoms with Crippen molar-refractivity contribution in [1.82, 2.24) is 20.4 Å². The van der Waals surface area contributed by atoms with Crippen molar-refractivity contribution < 1.29 is 19.2 Å². The van der Waals surface area contributed by atoms with Crippen molar-refractivity contribution >= 4 is 23.9 Å². The minimum absolute atomic E-state index is 0.0822. The van der Waals surface area contributed by atoms with Crippen LogP contribution >= 0.6 is 0 Å². The van der Waals surface area contributed by atoms with Crippen LogP contribution in [0.15, 0.2) is 48.5 Å². The summed E-state index contributed by atoms with van der Waals surface area (Å²) in [5.74, 6) is -0.287. The van der Waals surface area contributed by atoms with E-state index in [-0.39, 0.29) is 23.9 Å². The van der Waals surface area contributed by atoms with Crippen LogP contribution in [0.2, 0.25) is 0 Å². The number of hydrogen-bond acceptors (Lipinski definition) is 4. The number of fused-ring (bicyclic) bond motifs is 2. The van der Waals surface area contributed by atoms with Gasteiger partial charge in [0.05, 0.1) is 0 Å². The van der Waals surface area contributed by atoms with Crippen molar-refractivity contribution in [1.29, 1.82) is 0 Å². The van der Waals surface area contributed by atoms with Gasteiger partial charge >= 0.3 is 12.1 Å². The van der Waals surface area contributed by atoms with Gasteiger partial charge in [0.2, 0.25) is 0 Å². The molecule has 164 valence electrons. The van der Waals surface area contributed by atoms with Gasteiger partial charge in [-0.25, -0.2) is 9.59 Å². The Bertz CT molecular complexity index is 1120. The Morgan fingerprint density at radius 1 is 0.750 bits per heavy atom. The highest BCUT2D eigenvalue weighted by molar-refractivity contribution is 6.08. The average molecular weight is 432 g/mol. The molecule has 0 atom stereocenters. The van der Waals surface area contributed by atoms with Crippen LogP contribution in [0, 0.1) is 0 Å². The number of urea groups is 2. The van der Waals surface area contributed by atoms with E-state index in [1.165, 1.54) is 16.0 Å². The maximum Gasteiger partial charge on any atom is 0.327 e. The smallest absolute Gasteiger partial charge is 0.323 e. The van der Waals surface area contributed by atoms with E-state index in [9.17, 15) is 19.2 Å². The maximum atomic E-state index is 12.3. The van der Waals surface area contributed by atoms with Crippen LogP contribution in [0.1, 0.15) is 22.3 Å². The Balaban J connectivity index is 0.000000136. The number of nitrogens with one attached hydrogen (secondary N) is 2. The van der Waals surface area contributed by atoms with Gasteiger partial charge in [-0.15, -0.1) is 0 Å². The Labute approximate surface area is 185 Å². The Morgan fingerprint density at radius 2 is 1.22 bits per heavy atom. The molecule has 2 aromatic rings. The highest BCUT2D eigenvalue weighted by Gasteiger charge is 2.56. The molecular formula is C24H24N4O4. The number of hydrogen-bond donors (Lipinski definition) is 2. The summed E-state index contributed by atoms with van der Waals surface area (Å²) in [5, 5.41) is 5.02. The largest absolute Gasteiger partial charge is 0.327 e. The Kier molecular flexibility index (Phi) is 4.37. The number of amides is 6. The number of carbonyl (C=O) groups is 4. The summed E-state index contributed by atoms with van der Waals surface area (Å²) in [6, 6.07) is 15.3. The SMILES string of the molecule is CN1C(=O)N(C)C2(Cc3ccccc3C2)C1=O.O=C1NC(=O)C2(Cc3ccccc3C2)N1. The molecule has 2 heterocycles. The zero-order chi connectivity index (χ0) is 22.7. The van der Waals surface area contributed by atoms with Crippen molar-refractivity contribution in [2.45, 2.75) is 36.8 Å². The van der Waals surface area contributed by atoms with Gasteiger partial charge in [0.25, 0.3) is 11.8 Å². The van der Waals surface area contributed by atoms with E-state index in [0.717, 1.165) is 11.1 Å². The number of likely N-dealkylation sites (N-methyl/N-ethyl adjacent to an activating group) is 2. The standard InChI is InChI=1S/C13H14N2O2.C11H10N2O2/c1-14-11(16)13(15(2)12(14)17)7-9-5-3-4-6-10(9)8-13;14-9-11(13-10(15)12-9)5-7-3-1-2-4-8(7)6-11/h3-6H,7-8H2,1-2H3;1-4H,5-6H2,(H2,12,13,14,15). The van der Waals surface area contributed by atoms with E-state index in [0.29, 0.717) is 25.7 Å². The minimum atomic E-state index is -0.721. The first kappa shape index (κ1) is 20.2. The summed E-state index contributed by atoms with van der Waals surface area (Å²) in [5.41, 5.74) is 3.26. The van der Waals surface area contributed by atoms with Gasteiger partial charge in [-0.05, 0) is 22.3 Å². The average Bonchev–Trinajstić information content (AvgIpc) is 3.47. The maximum absolute atomic E-state index is 12.3. The first-order valence-corrected chi connectivity index (χ1v) is 10.6. The van der Waals surface area contributed by atoms with Crippen LogP contribution < -0.4 is 10.6 Å². The van der Waals surface area contributed by atoms with Crippen molar-refractivity contribution in [3.05, 3.63) is 70.8 Å². The van der Waals surface area contributed by atoms with Crippen molar-refractivity contribution in [3.8, 4) is 0 Å². The third-order valence-electron chi connectivity index (χ3n) is 7.12. The van der Waals surface area contributed by atoms with Gasteiger partial charge in [-0.3, -0.25) is 19.8 Å². The summed E-state index contributed by atoms with van der Waals surface area (Å²) in [6.45, 7) is 0. The molecule has 2 fully saturated rings. The molecule has 2 aliphatic heterocycles. The van der Waals surface area contributed by atoms with E-state index in [4.69, 9.17) is 0 Å². The monoisotopic (exact) mass is 432 g/mol. The number of benzene rings is 2. The topological polar surface area (TPSA) is 98.8 Å². The van der Waals surface area contributed by atoms with E-state index in [1.54, 1.807) is 19.0 Å². The molecule has 6 rings (SSSR count). The number of rotatable bonds is 0. The van der Waals surface area contributed by atoms with E-state index < -0.39 is 11.1 Å². The van der Waals surface area contributed by atoms with Crippen molar-refractivity contribution in [2.24, 2.45) is 0 Å². The van der Waals surface area contributed by atoms with Crippen LogP contribution in [0.4, 0.5) is 9.59 Å². The normalized spacial score (nSPS) is 21.4. The predicted molar refractivity (Wildman–Crippen MR) is 116 cm³/mol. The highest BCUT2D eigenvalue weighted by Crippen LogP contribution is 2.39. The summed E-state index contributed by atoms with van der Waals surface area (Å²) >= 11 is 0.